The number of rotatable bonds is 25. The van der Waals surface area contributed by atoms with E-state index in [4.69, 9.17) is 5.73 Å². The molecule has 35 heavy (non-hydrogen) atoms. The van der Waals surface area contributed by atoms with E-state index in [-0.39, 0.29) is 11.0 Å². The Labute approximate surface area is 216 Å². The Morgan fingerprint density at radius 1 is 0.829 bits per heavy atom. The SMILES string of the molecule is CCCCC/C=C/CCCCCCCCCCCCCCCCC1=NC=C[N+]1(CCN)CC(=O)[O-]. The van der Waals surface area contributed by atoms with E-state index in [9.17, 15) is 9.90 Å². The summed E-state index contributed by atoms with van der Waals surface area (Å²) >= 11 is 0. The van der Waals surface area contributed by atoms with E-state index < -0.39 is 5.97 Å². The van der Waals surface area contributed by atoms with Crippen molar-refractivity contribution in [3.05, 3.63) is 24.6 Å². The summed E-state index contributed by atoms with van der Waals surface area (Å²) in [6.07, 6.45) is 34.5. The summed E-state index contributed by atoms with van der Waals surface area (Å²) < 4.78 is 0.245. The van der Waals surface area contributed by atoms with E-state index >= 15 is 0 Å². The number of carbonyl (C=O) groups is 1. The van der Waals surface area contributed by atoms with Crippen molar-refractivity contribution in [2.24, 2.45) is 10.7 Å². The maximum Gasteiger partial charge on any atom is 0.207 e. The van der Waals surface area contributed by atoms with Gasteiger partial charge in [0, 0.05) is 13.0 Å². The van der Waals surface area contributed by atoms with Crippen molar-refractivity contribution in [3.8, 4) is 0 Å². The normalized spacial score (nSPS) is 17.5. The van der Waals surface area contributed by atoms with Gasteiger partial charge in [-0.2, -0.15) is 0 Å². The molecule has 1 heterocycles. The zero-order valence-electron chi connectivity index (χ0n) is 22.9. The highest BCUT2D eigenvalue weighted by Gasteiger charge is 2.34. The van der Waals surface area contributed by atoms with Crippen molar-refractivity contribution >= 4 is 11.8 Å². The van der Waals surface area contributed by atoms with E-state index in [2.05, 4.69) is 24.1 Å². The van der Waals surface area contributed by atoms with Crippen molar-refractivity contribution in [3.63, 3.8) is 0 Å². The Morgan fingerprint density at radius 2 is 1.31 bits per heavy atom. The predicted molar refractivity (Wildman–Crippen MR) is 148 cm³/mol. The van der Waals surface area contributed by atoms with Gasteiger partial charge in [-0.15, -0.1) is 0 Å². The number of quaternary nitrogens is 1. The van der Waals surface area contributed by atoms with Gasteiger partial charge in [0.25, 0.3) is 0 Å². The molecule has 1 unspecified atom stereocenters. The lowest BCUT2D eigenvalue weighted by atomic mass is 10.0. The zero-order chi connectivity index (χ0) is 25.5. The van der Waals surface area contributed by atoms with Crippen molar-refractivity contribution in [2.45, 2.75) is 135 Å². The molecular formula is C30H55N3O2. The lowest BCUT2D eigenvalue weighted by Gasteiger charge is -2.32. The number of hydrogen-bond donors (Lipinski definition) is 1. The first-order chi connectivity index (χ1) is 17.1. The third kappa shape index (κ3) is 16.0. The zero-order valence-corrected chi connectivity index (χ0v) is 22.9. The van der Waals surface area contributed by atoms with E-state index in [1.165, 1.54) is 116 Å². The number of nitrogens with zero attached hydrogens (tertiary/aromatic N) is 2. The Kier molecular flexibility index (Phi) is 19.7. The molecule has 5 heteroatoms. The molecule has 0 aromatic heterocycles. The average Bonchev–Trinajstić information content (AvgIpc) is 3.21. The number of allylic oxidation sites excluding steroid dienone is 2. The Balaban J connectivity index is 1.87. The molecule has 0 bridgehead atoms. The highest BCUT2D eigenvalue weighted by molar-refractivity contribution is 5.80. The van der Waals surface area contributed by atoms with Crippen LogP contribution in [-0.4, -0.2) is 35.9 Å². The van der Waals surface area contributed by atoms with Crippen LogP contribution in [0.3, 0.4) is 0 Å². The van der Waals surface area contributed by atoms with Crippen LogP contribution in [0, 0.1) is 0 Å². The molecule has 1 atom stereocenters. The van der Waals surface area contributed by atoms with E-state index in [0.29, 0.717) is 13.1 Å². The fraction of sp³-hybridized carbons (Fsp3) is 0.800. The lowest BCUT2D eigenvalue weighted by Crippen LogP contribution is -2.55. The van der Waals surface area contributed by atoms with Gasteiger partial charge in [0.15, 0.2) is 0 Å². The van der Waals surface area contributed by atoms with Crippen LogP contribution in [0.4, 0.5) is 0 Å². The molecule has 202 valence electrons. The highest BCUT2D eigenvalue weighted by atomic mass is 16.4. The van der Waals surface area contributed by atoms with Crippen LogP contribution in [0.2, 0.25) is 0 Å². The Bertz CT molecular complexity index is 615. The molecule has 5 nitrogen and oxygen atoms in total. The average molecular weight is 490 g/mol. The maximum atomic E-state index is 11.2. The number of carboxylic acids is 1. The summed E-state index contributed by atoms with van der Waals surface area (Å²) in [7, 11) is 0. The summed E-state index contributed by atoms with van der Waals surface area (Å²) in [4.78, 5) is 15.6. The number of amidine groups is 1. The first kappa shape index (κ1) is 31.6. The number of carboxylic acid groups (broad SMARTS) is 1. The third-order valence-electron chi connectivity index (χ3n) is 7.19. The largest absolute Gasteiger partial charge is 0.544 e. The minimum absolute atomic E-state index is 0.0661. The molecule has 0 spiro atoms. The van der Waals surface area contributed by atoms with Crippen molar-refractivity contribution < 1.29 is 14.4 Å². The third-order valence-corrected chi connectivity index (χ3v) is 7.19. The Hall–Kier alpha value is -1.46. The van der Waals surface area contributed by atoms with Gasteiger partial charge in [0.1, 0.15) is 19.3 Å². The monoisotopic (exact) mass is 489 g/mol. The predicted octanol–water partition coefficient (Wildman–Crippen LogP) is 6.77. The number of hydrogen-bond acceptors (Lipinski definition) is 4. The van der Waals surface area contributed by atoms with Gasteiger partial charge >= 0.3 is 0 Å². The summed E-state index contributed by atoms with van der Waals surface area (Å²) in [6.45, 7) is 3.21. The molecule has 1 aliphatic rings. The van der Waals surface area contributed by atoms with E-state index in [1.54, 1.807) is 6.20 Å². The summed E-state index contributed by atoms with van der Waals surface area (Å²) in [6, 6.07) is 0. The first-order valence-electron chi connectivity index (χ1n) is 14.8. The molecule has 2 N–H and O–H groups in total. The van der Waals surface area contributed by atoms with Crippen LogP contribution in [0.15, 0.2) is 29.5 Å². The Morgan fingerprint density at radius 3 is 1.80 bits per heavy atom. The molecule has 0 aromatic carbocycles. The van der Waals surface area contributed by atoms with Gasteiger partial charge in [-0.25, -0.2) is 9.48 Å². The second kappa shape index (κ2) is 21.8. The standard InChI is InChI=1S/C30H55N3O2/c1-2-3-4-5-6-7-8-9-10-11-12-13-14-15-16-17-18-19-20-21-22-23-29-32-25-27-33(29,26-24-31)28-30(34)35/h6-7,25,27H,2-5,8-24,26,28,31H2,1H3/b7-6+. The smallest absolute Gasteiger partial charge is 0.207 e. The van der Waals surface area contributed by atoms with E-state index in [0.717, 1.165) is 18.7 Å². The maximum absolute atomic E-state index is 11.2. The molecule has 0 aliphatic carbocycles. The van der Waals surface area contributed by atoms with Gasteiger partial charge in [0.2, 0.25) is 5.84 Å². The van der Waals surface area contributed by atoms with Crippen LogP contribution in [-0.2, 0) is 4.79 Å². The highest BCUT2D eigenvalue weighted by Crippen LogP contribution is 2.21. The molecule has 0 amide bonds. The molecular weight excluding hydrogens is 434 g/mol. The van der Waals surface area contributed by atoms with Crippen molar-refractivity contribution in [2.75, 3.05) is 19.6 Å². The molecule has 0 saturated heterocycles. The first-order valence-corrected chi connectivity index (χ1v) is 14.8. The topological polar surface area (TPSA) is 78.5 Å². The summed E-state index contributed by atoms with van der Waals surface area (Å²) in [5, 5.41) is 11.2. The molecule has 0 aromatic rings. The second-order valence-corrected chi connectivity index (χ2v) is 10.4. The fourth-order valence-corrected chi connectivity index (χ4v) is 5.04. The quantitative estimate of drug-likeness (QED) is 0.0872. The number of aliphatic imine (C=N–C) groups is 1. The summed E-state index contributed by atoms with van der Waals surface area (Å²) in [5.41, 5.74) is 5.72. The lowest BCUT2D eigenvalue weighted by molar-refractivity contribution is -0.780. The van der Waals surface area contributed by atoms with Crippen LogP contribution in [0.25, 0.3) is 0 Å². The van der Waals surface area contributed by atoms with Gasteiger partial charge in [0.05, 0.1) is 12.2 Å². The van der Waals surface area contributed by atoms with Crippen LogP contribution < -0.4 is 10.8 Å². The van der Waals surface area contributed by atoms with Crippen LogP contribution in [0.1, 0.15) is 135 Å². The molecule has 1 rings (SSSR count). The number of unbranched alkanes of at least 4 members (excludes halogenated alkanes) is 17. The number of aliphatic carboxylic acids is 1. The van der Waals surface area contributed by atoms with E-state index in [1.807, 2.05) is 6.20 Å². The molecule has 0 fully saturated rings. The van der Waals surface area contributed by atoms with Gasteiger partial charge in [-0.1, -0.05) is 109 Å². The van der Waals surface area contributed by atoms with Crippen molar-refractivity contribution in [1.29, 1.82) is 0 Å². The molecule has 0 radical (unpaired) electrons. The molecule has 1 aliphatic heterocycles. The summed E-state index contributed by atoms with van der Waals surface area (Å²) in [5.74, 6) is -0.122. The van der Waals surface area contributed by atoms with Gasteiger partial charge in [-0.3, -0.25) is 0 Å². The number of carbonyl (C=O) groups excluding carboxylic acids is 1. The minimum Gasteiger partial charge on any atom is -0.544 e. The van der Waals surface area contributed by atoms with Gasteiger partial charge < -0.3 is 15.6 Å². The fourth-order valence-electron chi connectivity index (χ4n) is 5.04. The van der Waals surface area contributed by atoms with Gasteiger partial charge in [-0.05, 0) is 32.1 Å². The second-order valence-electron chi connectivity index (χ2n) is 10.4. The molecule has 0 saturated carbocycles. The van der Waals surface area contributed by atoms with Crippen LogP contribution >= 0.6 is 0 Å². The number of nitrogens with two attached hydrogens (primary N) is 1. The van der Waals surface area contributed by atoms with Crippen LogP contribution in [0.5, 0.6) is 0 Å². The van der Waals surface area contributed by atoms with Crippen molar-refractivity contribution in [1.82, 2.24) is 0 Å². The minimum atomic E-state index is -1.05.